The van der Waals surface area contributed by atoms with Gasteiger partial charge in [-0.2, -0.15) is 0 Å². The van der Waals surface area contributed by atoms with Gasteiger partial charge in [-0.1, -0.05) is 41.9 Å². The smallest absolute Gasteiger partial charge is 0.286 e. The van der Waals surface area contributed by atoms with Gasteiger partial charge in [0.25, 0.3) is 5.56 Å². The minimum atomic E-state index is -0.360. The summed E-state index contributed by atoms with van der Waals surface area (Å²) in [5, 5.41) is -0.0211. The van der Waals surface area contributed by atoms with Crippen molar-refractivity contribution in [1.29, 1.82) is 0 Å². The maximum absolute atomic E-state index is 11.3. The molecule has 1 aromatic heterocycles. The first-order valence-electron chi connectivity index (χ1n) is 4.50. The van der Waals surface area contributed by atoms with E-state index in [-0.39, 0.29) is 10.7 Å². The number of nitrogens with one attached hydrogen (secondary N) is 1. The third-order valence-electron chi connectivity index (χ3n) is 2.12. The molecule has 3 nitrogen and oxygen atoms in total. The minimum Gasteiger partial charge on any atom is -0.318 e. The monoisotopic (exact) mass is 220 g/mol. The molecule has 0 aliphatic rings. The van der Waals surface area contributed by atoms with Gasteiger partial charge in [0.05, 0.1) is 11.4 Å². The van der Waals surface area contributed by atoms with Gasteiger partial charge in [0.1, 0.15) is 0 Å². The topological polar surface area (TPSA) is 45.8 Å². The predicted octanol–water partition coefficient (Wildman–Crippen LogP) is 2.40. The summed E-state index contributed by atoms with van der Waals surface area (Å²) < 4.78 is 0. The summed E-state index contributed by atoms with van der Waals surface area (Å²) in [6, 6.07) is 9.55. The Morgan fingerprint density at radius 2 is 1.93 bits per heavy atom. The largest absolute Gasteiger partial charge is 0.318 e. The lowest BCUT2D eigenvalue weighted by Gasteiger charge is -2.04. The molecule has 0 radical (unpaired) electrons. The normalized spacial score (nSPS) is 10.3. The summed E-state index contributed by atoms with van der Waals surface area (Å²) in [4.78, 5) is 18.0. The van der Waals surface area contributed by atoms with Crippen molar-refractivity contribution in [2.75, 3.05) is 0 Å². The highest BCUT2D eigenvalue weighted by Crippen LogP contribution is 2.18. The zero-order valence-electron chi connectivity index (χ0n) is 8.12. The van der Waals surface area contributed by atoms with E-state index in [4.69, 9.17) is 11.6 Å². The fraction of sp³-hybridized carbons (Fsp3) is 0.0909. The summed E-state index contributed by atoms with van der Waals surface area (Å²) >= 11 is 5.62. The number of nitrogens with zero attached hydrogens (tertiary/aromatic N) is 1. The van der Waals surface area contributed by atoms with Gasteiger partial charge in [-0.25, -0.2) is 4.98 Å². The van der Waals surface area contributed by atoms with Gasteiger partial charge in [-0.15, -0.1) is 0 Å². The number of hydrogen-bond donors (Lipinski definition) is 1. The van der Waals surface area contributed by atoms with Gasteiger partial charge in [-0.05, 0) is 12.5 Å². The Kier molecular flexibility index (Phi) is 2.56. The molecule has 0 unspecified atom stereocenters. The second kappa shape index (κ2) is 3.87. The van der Waals surface area contributed by atoms with Gasteiger partial charge < -0.3 is 4.98 Å². The van der Waals surface area contributed by atoms with E-state index < -0.39 is 0 Å². The minimum absolute atomic E-state index is 0.0211. The lowest BCUT2D eigenvalue weighted by atomic mass is 10.1. The number of halogens is 1. The molecule has 0 fully saturated rings. The van der Waals surface area contributed by atoms with Crippen LogP contribution in [0, 0.1) is 6.92 Å². The molecule has 0 aliphatic heterocycles. The molecule has 0 aliphatic carbocycles. The van der Waals surface area contributed by atoms with E-state index in [1.165, 1.54) is 0 Å². The van der Waals surface area contributed by atoms with Crippen LogP contribution in [-0.2, 0) is 0 Å². The SMILES string of the molecule is Cc1nc(Cl)c(=O)[nH]c1-c1ccccc1. The quantitative estimate of drug-likeness (QED) is 0.802. The van der Waals surface area contributed by atoms with Gasteiger partial charge in [0.2, 0.25) is 0 Å². The molecule has 0 amide bonds. The van der Waals surface area contributed by atoms with Crippen molar-refractivity contribution in [3.63, 3.8) is 0 Å². The second-order valence-electron chi connectivity index (χ2n) is 3.18. The van der Waals surface area contributed by atoms with Crippen LogP contribution in [0.1, 0.15) is 5.69 Å². The molecule has 4 heteroatoms. The molecule has 1 heterocycles. The van der Waals surface area contributed by atoms with Crippen molar-refractivity contribution in [2.45, 2.75) is 6.92 Å². The number of hydrogen-bond acceptors (Lipinski definition) is 2. The van der Waals surface area contributed by atoms with Crippen molar-refractivity contribution < 1.29 is 0 Å². The molecule has 0 spiro atoms. The first kappa shape index (κ1) is 9.93. The standard InChI is InChI=1S/C11H9ClN2O/c1-7-9(8-5-3-2-4-6-8)14-11(15)10(12)13-7/h2-6H,1H3,(H,14,15). The lowest BCUT2D eigenvalue weighted by Crippen LogP contribution is -2.11. The van der Waals surface area contributed by atoms with E-state index in [2.05, 4.69) is 9.97 Å². The fourth-order valence-electron chi connectivity index (χ4n) is 1.40. The van der Waals surface area contributed by atoms with E-state index in [1.807, 2.05) is 37.3 Å². The van der Waals surface area contributed by atoms with E-state index in [1.54, 1.807) is 0 Å². The zero-order valence-corrected chi connectivity index (χ0v) is 8.88. The van der Waals surface area contributed by atoms with Crippen LogP contribution >= 0.6 is 11.6 Å². The number of aromatic nitrogens is 2. The van der Waals surface area contributed by atoms with Gasteiger partial charge in [-0.3, -0.25) is 4.79 Å². The van der Waals surface area contributed by atoms with Gasteiger partial charge in [0, 0.05) is 0 Å². The average Bonchev–Trinajstić information content (AvgIpc) is 2.25. The van der Waals surface area contributed by atoms with Crippen LogP contribution in [0.5, 0.6) is 0 Å². The molecule has 15 heavy (non-hydrogen) atoms. The van der Waals surface area contributed by atoms with E-state index >= 15 is 0 Å². The Morgan fingerprint density at radius 1 is 1.27 bits per heavy atom. The van der Waals surface area contributed by atoms with Crippen LogP contribution in [0.3, 0.4) is 0 Å². The molecular formula is C11H9ClN2O. The van der Waals surface area contributed by atoms with E-state index in [9.17, 15) is 4.79 Å². The number of H-pyrrole nitrogens is 1. The Bertz CT molecular complexity index is 534. The second-order valence-corrected chi connectivity index (χ2v) is 3.54. The van der Waals surface area contributed by atoms with E-state index in [0.29, 0.717) is 11.4 Å². The first-order valence-corrected chi connectivity index (χ1v) is 4.88. The molecule has 0 atom stereocenters. The van der Waals surface area contributed by atoms with Crippen molar-refractivity contribution in [1.82, 2.24) is 9.97 Å². The molecular weight excluding hydrogens is 212 g/mol. The lowest BCUT2D eigenvalue weighted by molar-refractivity contribution is 1.08. The predicted molar refractivity (Wildman–Crippen MR) is 60.0 cm³/mol. The molecule has 2 aromatic rings. The first-order chi connectivity index (χ1) is 7.18. The van der Waals surface area contributed by atoms with Crippen LogP contribution in [0.2, 0.25) is 5.15 Å². The van der Waals surface area contributed by atoms with Crippen molar-refractivity contribution >= 4 is 11.6 Å². The summed E-state index contributed by atoms with van der Waals surface area (Å²) in [5.41, 5.74) is 1.99. The summed E-state index contributed by atoms with van der Waals surface area (Å²) in [6.45, 7) is 1.81. The average molecular weight is 221 g/mol. The Balaban J connectivity index is 2.64. The van der Waals surface area contributed by atoms with Crippen molar-refractivity contribution in [3.05, 3.63) is 51.5 Å². The van der Waals surface area contributed by atoms with Crippen LogP contribution in [0.25, 0.3) is 11.3 Å². The highest BCUT2D eigenvalue weighted by atomic mass is 35.5. The van der Waals surface area contributed by atoms with Crippen molar-refractivity contribution in [3.8, 4) is 11.3 Å². The Labute approximate surface area is 91.8 Å². The third-order valence-corrected chi connectivity index (χ3v) is 2.37. The molecule has 0 saturated heterocycles. The molecule has 76 valence electrons. The third kappa shape index (κ3) is 1.92. The molecule has 0 saturated carbocycles. The number of aryl methyl sites for hydroxylation is 1. The molecule has 2 rings (SSSR count). The highest BCUT2D eigenvalue weighted by Gasteiger charge is 2.06. The van der Waals surface area contributed by atoms with Gasteiger partial charge >= 0.3 is 0 Å². The van der Waals surface area contributed by atoms with Crippen LogP contribution in [0.4, 0.5) is 0 Å². The number of rotatable bonds is 1. The Morgan fingerprint density at radius 3 is 2.60 bits per heavy atom. The zero-order chi connectivity index (χ0) is 10.8. The van der Waals surface area contributed by atoms with Crippen molar-refractivity contribution in [2.24, 2.45) is 0 Å². The van der Waals surface area contributed by atoms with Crippen LogP contribution < -0.4 is 5.56 Å². The summed E-state index contributed by atoms with van der Waals surface area (Å²) in [5.74, 6) is 0. The number of benzene rings is 1. The van der Waals surface area contributed by atoms with E-state index in [0.717, 1.165) is 5.56 Å². The van der Waals surface area contributed by atoms with Crippen LogP contribution in [-0.4, -0.2) is 9.97 Å². The summed E-state index contributed by atoms with van der Waals surface area (Å²) in [7, 11) is 0. The molecule has 0 bridgehead atoms. The maximum Gasteiger partial charge on any atom is 0.286 e. The maximum atomic E-state index is 11.3. The molecule has 1 N–H and O–H groups in total. The Hall–Kier alpha value is -1.61. The fourth-order valence-corrected chi connectivity index (χ4v) is 1.57. The van der Waals surface area contributed by atoms with Gasteiger partial charge in [0.15, 0.2) is 5.15 Å². The summed E-state index contributed by atoms with van der Waals surface area (Å²) in [6.07, 6.45) is 0. The van der Waals surface area contributed by atoms with Crippen LogP contribution in [0.15, 0.2) is 35.1 Å². The molecule has 1 aromatic carbocycles. The highest BCUT2D eigenvalue weighted by molar-refractivity contribution is 6.29. The number of aromatic amines is 1.